The number of hydrogen-bond acceptors (Lipinski definition) is 4. The summed E-state index contributed by atoms with van der Waals surface area (Å²) in [4.78, 5) is 23.5. The van der Waals surface area contributed by atoms with Crippen molar-refractivity contribution in [1.82, 2.24) is 10.2 Å². The van der Waals surface area contributed by atoms with Gasteiger partial charge in [0.1, 0.15) is 5.75 Å². The molecule has 110 valence electrons. The number of rotatable bonds is 6. The Kier molecular flexibility index (Phi) is 5.79. The summed E-state index contributed by atoms with van der Waals surface area (Å²) >= 11 is 0. The molecule has 0 fully saturated rings. The minimum atomic E-state index is -1.61. The van der Waals surface area contributed by atoms with Gasteiger partial charge >= 0.3 is 12.0 Å². The summed E-state index contributed by atoms with van der Waals surface area (Å²) in [5, 5.41) is 19.9. The molecular formula is C13H18N2O5. The number of carbonyl (C=O) groups excluding carboxylic acids is 1. The molecule has 0 radical (unpaired) electrons. The van der Waals surface area contributed by atoms with E-state index >= 15 is 0 Å². The number of aliphatic hydroxyl groups excluding tert-OH is 1. The number of carboxylic acids is 1. The second kappa shape index (κ2) is 7.34. The van der Waals surface area contributed by atoms with Crippen molar-refractivity contribution in [3.8, 4) is 5.75 Å². The second-order valence-electron chi connectivity index (χ2n) is 4.25. The monoisotopic (exact) mass is 282 g/mol. The van der Waals surface area contributed by atoms with Crippen molar-refractivity contribution in [1.29, 1.82) is 0 Å². The highest BCUT2D eigenvalue weighted by Gasteiger charge is 2.16. The van der Waals surface area contributed by atoms with Gasteiger partial charge in [0.15, 0.2) is 6.10 Å². The summed E-state index contributed by atoms with van der Waals surface area (Å²) in [7, 11) is 3.13. The molecule has 0 aliphatic carbocycles. The van der Waals surface area contributed by atoms with Gasteiger partial charge in [-0.3, -0.25) is 0 Å². The molecule has 20 heavy (non-hydrogen) atoms. The van der Waals surface area contributed by atoms with Crippen LogP contribution in [0.1, 0.15) is 5.56 Å². The zero-order valence-electron chi connectivity index (χ0n) is 11.4. The van der Waals surface area contributed by atoms with Crippen molar-refractivity contribution in [3.05, 3.63) is 29.8 Å². The lowest BCUT2D eigenvalue weighted by molar-refractivity contribution is -0.146. The first kappa shape index (κ1) is 15.8. The predicted octanol–water partition coefficient (Wildman–Crippen LogP) is 0.282. The maximum atomic E-state index is 11.7. The molecule has 0 spiro atoms. The normalized spacial score (nSPS) is 11.6. The van der Waals surface area contributed by atoms with Gasteiger partial charge in [-0.25, -0.2) is 9.59 Å². The van der Waals surface area contributed by atoms with Gasteiger partial charge in [-0.2, -0.15) is 0 Å². The van der Waals surface area contributed by atoms with Crippen molar-refractivity contribution in [3.63, 3.8) is 0 Å². The van der Waals surface area contributed by atoms with Crippen LogP contribution in [-0.4, -0.2) is 53.9 Å². The Bertz CT molecular complexity index is 478. The van der Waals surface area contributed by atoms with Crippen molar-refractivity contribution < 1.29 is 24.5 Å². The van der Waals surface area contributed by atoms with E-state index in [0.29, 0.717) is 12.3 Å². The van der Waals surface area contributed by atoms with Crippen LogP contribution < -0.4 is 10.1 Å². The van der Waals surface area contributed by atoms with Gasteiger partial charge in [-0.15, -0.1) is 0 Å². The molecule has 0 saturated carbocycles. The van der Waals surface area contributed by atoms with Crippen LogP contribution in [0.3, 0.4) is 0 Å². The Hall–Kier alpha value is -2.28. The van der Waals surface area contributed by atoms with E-state index in [-0.39, 0.29) is 6.54 Å². The van der Waals surface area contributed by atoms with Crippen LogP contribution in [0.25, 0.3) is 0 Å². The zero-order chi connectivity index (χ0) is 15.1. The van der Waals surface area contributed by atoms with Crippen LogP contribution in [0.4, 0.5) is 4.79 Å². The summed E-state index contributed by atoms with van der Waals surface area (Å²) < 4.78 is 5.08. The minimum Gasteiger partial charge on any atom is -0.497 e. The smallest absolute Gasteiger partial charge is 0.334 e. The van der Waals surface area contributed by atoms with Crippen molar-refractivity contribution >= 4 is 12.0 Å². The Labute approximate surface area is 116 Å². The SMILES string of the molecule is COc1cccc(CN(C)C(=O)NCC(O)C(=O)O)c1. The summed E-state index contributed by atoms with van der Waals surface area (Å²) in [6.45, 7) is 0.00280. The average Bonchev–Trinajstić information content (AvgIpc) is 2.44. The number of ether oxygens (including phenoxy) is 1. The lowest BCUT2D eigenvalue weighted by Crippen LogP contribution is -2.42. The number of hydrogen-bond donors (Lipinski definition) is 3. The first-order valence-electron chi connectivity index (χ1n) is 5.96. The molecule has 1 rings (SSSR count). The summed E-state index contributed by atoms with van der Waals surface area (Å²) in [6, 6.07) is 6.79. The van der Waals surface area contributed by atoms with Gasteiger partial charge in [0.25, 0.3) is 0 Å². The lowest BCUT2D eigenvalue weighted by Gasteiger charge is -2.19. The van der Waals surface area contributed by atoms with E-state index in [4.69, 9.17) is 14.9 Å². The highest BCUT2D eigenvalue weighted by molar-refractivity contribution is 5.76. The fourth-order valence-corrected chi connectivity index (χ4v) is 1.52. The van der Waals surface area contributed by atoms with Crippen LogP contribution in [0.5, 0.6) is 5.75 Å². The van der Waals surface area contributed by atoms with E-state index in [9.17, 15) is 9.59 Å². The number of aliphatic carboxylic acids is 1. The van der Waals surface area contributed by atoms with Gasteiger partial charge in [0, 0.05) is 13.6 Å². The van der Waals surface area contributed by atoms with E-state index < -0.39 is 18.1 Å². The van der Waals surface area contributed by atoms with Crippen molar-refractivity contribution in [2.75, 3.05) is 20.7 Å². The quantitative estimate of drug-likeness (QED) is 0.696. The van der Waals surface area contributed by atoms with Gasteiger partial charge in [0.2, 0.25) is 0 Å². The topological polar surface area (TPSA) is 99.1 Å². The van der Waals surface area contributed by atoms with Crippen molar-refractivity contribution in [2.24, 2.45) is 0 Å². The number of benzene rings is 1. The molecule has 1 aromatic rings. The molecule has 2 amide bonds. The molecule has 0 saturated heterocycles. The van der Waals surface area contributed by atoms with Gasteiger partial charge < -0.3 is 25.2 Å². The summed E-state index contributed by atoms with van der Waals surface area (Å²) in [5.41, 5.74) is 0.876. The maximum absolute atomic E-state index is 11.7. The molecule has 7 nitrogen and oxygen atoms in total. The van der Waals surface area contributed by atoms with E-state index in [2.05, 4.69) is 5.32 Å². The van der Waals surface area contributed by atoms with Gasteiger partial charge in [-0.1, -0.05) is 12.1 Å². The van der Waals surface area contributed by atoms with Crippen molar-refractivity contribution in [2.45, 2.75) is 12.6 Å². The standard InChI is InChI=1S/C13H18N2O5/c1-15(13(19)14-7-11(16)12(17)18)8-9-4-3-5-10(6-9)20-2/h3-6,11,16H,7-8H2,1-2H3,(H,14,19)(H,17,18). The molecule has 1 aromatic carbocycles. The average molecular weight is 282 g/mol. The molecule has 3 N–H and O–H groups in total. The van der Waals surface area contributed by atoms with E-state index in [1.165, 1.54) is 4.90 Å². The molecule has 0 aliphatic rings. The predicted molar refractivity (Wildman–Crippen MR) is 71.5 cm³/mol. The molecule has 1 unspecified atom stereocenters. The number of carbonyl (C=O) groups is 2. The van der Waals surface area contributed by atoms with Gasteiger partial charge in [-0.05, 0) is 17.7 Å². The highest BCUT2D eigenvalue weighted by atomic mass is 16.5. The third kappa shape index (κ3) is 4.77. The fourth-order valence-electron chi connectivity index (χ4n) is 1.52. The van der Waals surface area contributed by atoms with Crippen LogP contribution in [0, 0.1) is 0 Å². The maximum Gasteiger partial charge on any atom is 0.334 e. The van der Waals surface area contributed by atoms with Crippen LogP contribution >= 0.6 is 0 Å². The Morgan fingerprint density at radius 2 is 2.15 bits per heavy atom. The van der Waals surface area contributed by atoms with E-state index in [1.54, 1.807) is 26.3 Å². The number of urea groups is 1. The number of methoxy groups -OCH3 is 1. The molecule has 0 bridgehead atoms. The minimum absolute atomic E-state index is 0.337. The summed E-state index contributed by atoms with van der Waals surface area (Å²) in [5.74, 6) is -0.682. The molecule has 0 aliphatic heterocycles. The molecule has 7 heteroatoms. The Morgan fingerprint density at radius 3 is 2.75 bits per heavy atom. The number of nitrogens with one attached hydrogen (secondary N) is 1. The highest BCUT2D eigenvalue weighted by Crippen LogP contribution is 2.13. The first-order chi connectivity index (χ1) is 9.43. The number of nitrogens with zero attached hydrogens (tertiary/aromatic N) is 1. The Balaban J connectivity index is 2.50. The number of amides is 2. The summed E-state index contributed by atoms with van der Waals surface area (Å²) in [6.07, 6.45) is -1.61. The molecule has 1 atom stereocenters. The molecule has 0 aromatic heterocycles. The first-order valence-corrected chi connectivity index (χ1v) is 5.96. The van der Waals surface area contributed by atoms with Crippen LogP contribution in [0.2, 0.25) is 0 Å². The second-order valence-corrected chi connectivity index (χ2v) is 4.25. The van der Waals surface area contributed by atoms with Gasteiger partial charge in [0.05, 0.1) is 13.7 Å². The van der Waals surface area contributed by atoms with E-state index in [1.807, 2.05) is 12.1 Å². The third-order valence-electron chi connectivity index (χ3n) is 2.63. The largest absolute Gasteiger partial charge is 0.497 e. The number of aliphatic hydroxyl groups is 1. The van der Waals surface area contributed by atoms with E-state index in [0.717, 1.165) is 5.56 Å². The third-order valence-corrected chi connectivity index (χ3v) is 2.63. The molecular weight excluding hydrogens is 264 g/mol. The van der Waals surface area contributed by atoms with Crippen LogP contribution in [-0.2, 0) is 11.3 Å². The molecule has 0 heterocycles. The number of carboxylic acid groups (broad SMARTS) is 1. The lowest BCUT2D eigenvalue weighted by atomic mass is 10.2. The Morgan fingerprint density at radius 1 is 1.45 bits per heavy atom. The fraction of sp³-hybridized carbons (Fsp3) is 0.385. The van der Waals surface area contributed by atoms with Crippen LogP contribution in [0.15, 0.2) is 24.3 Å². The zero-order valence-corrected chi connectivity index (χ0v) is 11.4.